The summed E-state index contributed by atoms with van der Waals surface area (Å²) in [6.45, 7) is -0.511. The van der Waals surface area contributed by atoms with Crippen LogP contribution in [0.1, 0.15) is 10.4 Å². The first-order valence-corrected chi connectivity index (χ1v) is 8.33. The lowest BCUT2D eigenvalue weighted by molar-refractivity contribution is -0.119. The number of ether oxygens (including phenoxy) is 1. The van der Waals surface area contributed by atoms with Crippen LogP contribution in [-0.4, -0.2) is 23.5 Å². The van der Waals surface area contributed by atoms with Gasteiger partial charge in [-0.2, -0.15) is 10.2 Å². The Labute approximate surface area is 159 Å². The molecule has 140 valence electrons. The fourth-order valence-corrected chi connectivity index (χ4v) is 2.21. The molecule has 1 amide bonds. The number of hydrogen-bond donors (Lipinski definition) is 2. The molecule has 0 unspecified atom stereocenters. The van der Waals surface area contributed by atoms with Crippen LogP contribution < -0.4 is 10.9 Å². The number of aromatic nitrogens is 1. The molecule has 8 nitrogen and oxygen atoms in total. The highest BCUT2D eigenvalue weighted by Gasteiger charge is 2.13. The number of azo groups is 1. The topological polar surface area (TPSA) is 113 Å². The van der Waals surface area contributed by atoms with Gasteiger partial charge in [0, 0.05) is 11.9 Å². The minimum Gasteiger partial charge on any atom is -0.452 e. The molecule has 0 atom stereocenters. The molecule has 0 bridgehead atoms. The zero-order valence-electron chi connectivity index (χ0n) is 14.7. The molecule has 0 aliphatic heterocycles. The van der Waals surface area contributed by atoms with Crippen molar-refractivity contribution in [3.05, 3.63) is 88.8 Å². The maximum absolute atomic E-state index is 11.9. The number of pyridine rings is 1. The van der Waals surface area contributed by atoms with E-state index >= 15 is 0 Å². The van der Waals surface area contributed by atoms with Gasteiger partial charge >= 0.3 is 5.97 Å². The number of aromatic amines is 1. The Morgan fingerprint density at radius 3 is 2.25 bits per heavy atom. The highest BCUT2D eigenvalue weighted by molar-refractivity contribution is 5.95. The molecule has 0 aliphatic carbocycles. The Hall–Kier alpha value is -4.07. The van der Waals surface area contributed by atoms with Crippen molar-refractivity contribution in [2.75, 3.05) is 11.9 Å². The van der Waals surface area contributed by atoms with Crippen molar-refractivity contribution < 1.29 is 14.3 Å². The Bertz CT molecular complexity index is 1040. The number of esters is 1. The summed E-state index contributed by atoms with van der Waals surface area (Å²) in [5, 5.41) is 10.8. The number of carbonyl (C=O) groups excluding carboxylic acids is 2. The molecule has 0 radical (unpaired) electrons. The molecule has 28 heavy (non-hydrogen) atoms. The van der Waals surface area contributed by atoms with Gasteiger partial charge in [-0.3, -0.25) is 9.59 Å². The van der Waals surface area contributed by atoms with E-state index in [0.717, 1.165) is 5.69 Å². The second-order valence-corrected chi connectivity index (χ2v) is 5.62. The normalized spacial score (nSPS) is 10.6. The predicted molar refractivity (Wildman–Crippen MR) is 103 cm³/mol. The maximum Gasteiger partial charge on any atom is 0.344 e. The second-order valence-electron chi connectivity index (χ2n) is 5.62. The lowest BCUT2D eigenvalue weighted by Gasteiger charge is -2.06. The summed E-state index contributed by atoms with van der Waals surface area (Å²) in [7, 11) is 0. The predicted octanol–water partition coefficient (Wildman–Crippen LogP) is 3.59. The standard InChI is InChI=1S/C20H16N4O4/c25-18(13-28-20(27)17-7-4-12-21-19(17)26)22-14-8-10-16(11-9-14)24-23-15-5-2-1-3-6-15/h1-12H,13H2,(H,21,26)(H,22,25). The SMILES string of the molecule is O=C(COC(=O)c1ccc[nH]c1=O)Nc1ccc(N=Nc2ccccc2)cc1. The fraction of sp³-hybridized carbons (Fsp3) is 0.0500. The summed E-state index contributed by atoms with van der Waals surface area (Å²) in [6.07, 6.45) is 1.40. The van der Waals surface area contributed by atoms with E-state index in [4.69, 9.17) is 4.74 Å². The molecule has 2 N–H and O–H groups in total. The Morgan fingerprint density at radius 1 is 0.893 bits per heavy atom. The monoisotopic (exact) mass is 376 g/mol. The smallest absolute Gasteiger partial charge is 0.344 e. The summed E-state index contributed by atoms with van der Waals surface area (Å²) in [4.78, 5) is 37.6. The molecule has 1 heterocycles. The van der Waals surface area contributed by atoms with Gasteiger partial charge in [-0.1, -0.05) is 18.2 Å². The van der Waals surface area contributed by atoms with Crippen LogP contribution >= 0.6 is 0 Å². The third kappa shape index (κ3) is 5.21. The van der Waals surface area contributed by atoms with Crippen LogP contribution in [0.4, 0.5) is 17.1 Å². The zero-order chi connectivity index (χ0) is 19.8. The average Bonchev–Trinajstić information content (AvgIpc) is 2.72. The van der Waals surface area contributed by atoms with Crippen molar-refractivity contribution in [2.45, 2.75) is 0 Å². The second kappa shape index (κ2) is 9.04. The molecular weight excluding hydrogens is 360 g/mol. The summed E-state index contributed by atoms with van der Waals surface area (Å²) in [5.41, 5.74) is 1.13. The van der Waals surface area contributed by atoms with Crippen molar-refractivity contribution in [1.82, 2.24) is 4.98 Å². The number of nitrogens with one attached hydrogen (secondary N) is 2. The van der Waals surface area contributed by atoms with E-state index in [1.165, 1.54) is 18.3 Å². The molecule has 0 aliphatic rings. The van der Waals surface area contributed by atoms with Crippen molar-refractivity contribution in [2.24, 2.45) is 10.2 Å². The number of hydrogen-bond acceptors (Lipinski definition) is 6. The number of rotatable bonds is 6. The van der Waals surface area contributed by atoms with Crippen molar-refractivity contribution in [1.29, 1.82) is 0 Å². The van der Waals surface area contributed by atoms with Gasteiger partial charge in [0.1, 0.15) is 5.56 Å². The van der Waals surface area contributed by atoms with Crippen LogP contribution in [0.2, 0.25) is 0 Å². The first-order valence-electron chi connectivity index (χ1n) is 8.33. The number of nitrogens with zero attached hydrogens (tertiary/aromatic N) is 2. The Balaban J connectivity index is 1.52. The highest BCUT2D eigenvalue weighted by Crippen LogP contribution is 2.19. The first-order chi connectivity index (χ1) is 13.6. The van der Waals surface area contributed by atoms with Crippen LogP contribution in [0.3, 0.4) is 0 Å². The molecule has 3 aromatic rings. The molecular formula is C20H16N4O4. The van der Waals surface area contributed by atoms with Gasteiger partial charge in [-0.05, 0) is 48.5 Å². The average molecular weight is 376 g/mol. The summed E-state index contributed by atoms with van der Waals surface area (Å²) in [5.74, 6) is -1.40. The third-order valence-electron chi connectivity index (χ3n) is 3.56. The summed E-state index contributed by atoms with van der Waals surface area (Å²) in [6, 6.07) is 18.8. The van der Waals surface area contributed by atoms with Gasteiger partial charge in [-0.25, -0.2) is 4.79 Å². The lowest BCUT2D eigenvalue weighted by Crippen LogP contribution is -2.24. The minimum atomic E-state index is -0.867. The summed E-state index contributed by atoms with van der Waals surface area (Å²) < 4.78 is 4.85. The number of carbonyl (C=O) groups is 2. The van der Waals surface area contributed by atoms with Gasteiger partial charge in [0.05, 0.1) is 11.4 Å². The number of anilines is 1. The van der Waals surface area contributed by atoms with Crippen LogP contribution in [0.5, 0.6) is 0 Å². The fourth-order valence-electron chi connectivity index (χ4n) is 2.21. The van der Waals surface area contributed by atoms with E-state index in [1.54, 1.807) is 24.3 Å². The van der Waals surface area contributed by atoms with Gasteiger partial charge in [0.25, 0.3) is 11.5 Å². The molecule has 8 heteroatoms. The lowest BCUT2D eigenvalue weighted by atomic mass is 10.3. The Morgan fingerprint density at radius 2 is 1.57 bits per heavy atom. The van der Waals surface area contributed by atoms with E-state index < -0.39 is 24.0 Å². The summed E-state index contributed by atoms with van der Waals surface area (Å²) >= 11 is 0. The van der Waals surface area contributed by atoms with E-state index in [9.17, 15) is 14.4 Å². The largest absolute Gasteiger partial charge is 0.452 e. The number of H-pyrrole nitrogens is 1. The number of amides is 1. The Kier molecular flexibility index (Phi) is 6.04. The molecule has 0 saturated heterocycles. The molecule has 3 rings (SSSR count). The number of benzene rings is 2. The van der Waals surface area contributed by atoms with Crippen LogP contribution in [0.15, 0.2) is 87.9 Å². The van der Waals surface area contributed by atoms with Gasteiger partial charge in [0.2, 0.25) is 0 Å². The van der Waals surface area contributed by atoms with Crippen LogP contribution in [0.25, 0.3) is 0 Å². The van der Waals surface area contributed by atoms with E-state index in [-0.39, 0.29) is 5.56 Å². The van der Waals surface area contributed by atoms with E-state index in [1.807, 2.05) is 30.3 Å². The van der Waals surface area contributed by atoms with Crippen molar-refractivity contribution >= 4 is 28.9 Å². The van der Waals surface area contributed by atoms with Crippen molar-refractivity contribution in [3.8, 4) is 0 Å². The minimum absolute atomic E-state index is 0.163. The molecule has 2 aromatic carbocycles. The van der Waals surface area contributed by atoms with Crippen molar-refractivity contribution in [3.63, 3.8) is 0 Å². The quantitative estimate of drug-likeness (QED) is 0.505. The van der Waals surface area contributed by atoms with Gasteiger partial charge in [-0.15, -0.1) is 0 Å². The van der Waals surface area contributed by atoms with Gasteiger partial charge < -0.3 is 15.0 Å². The molecule has 0 spiro atoms. The third-order valence-corrected chi connectivity index (χ3v) is 3.56. The zero-order valence-corrected chi connectivity index (χ0v) is 14.7. The van der Waals surface area contributed by atoms with Gasteiger partial charge in [0.15, 0.2) is 6.61 Å². The molecule has 1 aromatic heterocycles. The van der Waals surface area contributed by atoms with Crippen LogP contribution in [-0.2, 0) is 9.53 Å². The first kappa shape index (κ1) is 18.7. The molecule has 0 fully saturated rings. The van der Waals surface area contributed by atoms with E-state index in [0.29, 0.717) is 11.4 Å². The highest BCUT2D eigenvalue weighted by atomic mass is 16.5. The molecule has 0 saturated carbocycles. The van der Waals surface area contributed by atoms with E-state index in [2.05, 4.69) is 20.5 Å². The van der Waals surface area contributed by atoms with Crippen LogP contribution in [0, 0.1) is 0 Å². The maximum atomic E-state index is 11.9.